The summed E-state index contributed by atoms with van der Waals surface area (Å²) in [5, 5.41) is 2.05. The Kier molecular flexibility index (Phi) is 3.14. The summed E-state index contributed by atoms with van der Waals surface area (Å²) in [5.74, 6) is 0.427. The SMILES string of the molecule is Nc1ccnc(OCCc2cccs2)n1. The van der Waals surface area contributed by atoms with E-state index in [1.54, 1.807) is 23.6 Å². The largest absolute Gasteiger partial charge is 0.463 e. The van der Waals surface area contributed by atoms with Crippen LogP contribution < -0.4 is 10.5 Å². The minimum Gasteiger partial charge on any atom is -0.463 e. The molecule has 0 aliphatic rings. The van der Waals surface area contributed by atoms with Crippen molar-refractivity contribution < 1.29 is 4.74 Å². The summed E-state index contributed by atoms with van der Waals surface area (Å²) in [6, 6.07) is 6.07. The molecule has 0 unspecified atom stereocenters. The first-order valence-electron chi connectivity index (χ1n) is 4.58. The fraction of sp³-hybridized carbons (Fsp3) is 0.200. The molecule has 78 valence electrons. The van der Waals surface area contributed by atoms with Gasteiger partial charge in [0.15, 0.2) is 0 Å². The van der Waals surface area contributed by atoms with Crippen molar-refractivity contribution in [2.75, 3.05) is 12.3 Å². The van der Waals surface area contributed by atoms with Crippen LogP contribution in [-0.4, -0.2) is 16.6 Å². The molecule has 0 spiro atoms. The molecular formula is C10H11N3OS. The highest BCUT2D eigenvalue weighted by molar-refractivity contribution is 7.09. The van der Waals surface area contributed by atoms with Crippen molar-refractivity contribution in [2.24, 2.45) is 0 Å². The van der Waals surface area contributed by atoms with E-state index in [1.165, 1.54) is 4.88 Å². The van der Waals surface area contributed by atoms with Crippen molar-refractivity contribution >= 4 is 17.2 Å². The zero-order valence-corrected chi connectivity index (χ0v) is 8.91. The third kappa shape index (κ3) is 2.92. The number of nitrogens with zero attached hydrogens (tertiary/aromatic N) is 2. The predicted molar refractivity (Wildman–Crippen MR) is 60.0 cm³/mol. The Morgan fingerprint density at radius 2 is 2.33 bits per heavy atom. The van der Waals surface area contributed by atoms with Gasteiger partial charge in [-0.2, -0.15) is 4.98 Å². The van der Waals surface area contributed by atoms with Crippen LogP contribution in [0.25, 0.3) is 0 Å². The van der Waals surface area contributed by atoms with Crippen LogP contribution in [0.1, 0.15) is 4.88 Å². The second-order valence-corrected chi connectivity index (χ2v) is 3.97. The van der Waals surface area contributed by atoms with Gasteiger partial charge >= 0.3 is 6.01 Å². The Bertz CT molecular complexity index is 416. The van der Waals surface area contributed by atoms with Crippen molar-refractivity contribution in [3.63, 3.8) is 0 Å². The summed E-state index contributed by atoms with van der Waals surface area (Å²) in [6.07, 6.45) is 2.46. The van der Waals surface area contributed by atoms with Crippen LogP contribution in [-0.2, 0) is 6.42 Å². The zero-order chi connectivity index (χ0) is 10.5. The van der Waals surface area contributed by atoms with Gasteiger partial charge in [-0.15, -0.1) is 11.3 Å². The molecule has 0 radical (unpaired) electrons. The number of nitrogen functional groups attached to an aromatic ring is 1. The Labute approximate surface area is 91.8 Å². The summed E-state index contributed by atoms with van der Waals surface area (Å²) < 4.78 is 5.36. The van der Waals surface area contributed by atoms with Gasteiger partial charge in [0.2, 0.25) is 0 Å². The zero-order valence-electron chi connectivity index (χ0n) is 8.09. The normalized spacial score (nSPS) is 10.1. The summed E-state index contributed by atoms with van der Waals surface area (Å²) in [7, 11) is 0. The minimum atomic E-state index is 0.339. The maximum Gasteiger partial charge on any atom is 0.318 e. The van der Waals surface area contributed by atoms with Crippen LogP contribution in [0, 0.1) is 0 Å². The van der Waals surface area contributed by atoms with Gasteiger partial charge in [0, 0.05) is 17.5 Å². The van der Waals surface area contributed by atoms with Crippen LogP contribution in [0.2, 0.25) is 0 Å². The molecule has 2 N–H and O–H groups in total. The fourth-order valence-electron chi connectivity index (χ4n) is 1.12. The third-order valence-electron chi connectivity index (χ3n) is 1.81. The number of hydrogen-bond acceptors (Lipinski definition) is 5. The van der Waals surface area contributed by atoms with Crippen molar-refractivity contribution in [1.82, 2.24) is 9.97 Å². The Hall–Kier alpha value is -1.62. The standard InChI is InChI=1S/C10H11N3OS/c11-9-3-5-12-10(13-9)14-6-4-8-2-1-7-15-8/h1-3,5,7H,4,6H2,(H2,11,12,13). The second-order valence-electron chi connectivity index (χ2n) is 2.94. The van der Waals surface area contributed by atoms with E-state index in [1.807, 2.05) is 11.4 Å². The smallest absolute Gasteiger partial charge is 0.318 e. The first kappa shape index (κ1) is 9.92. The quantitative estimate of drug-likeness (QED) is 0.854. The average Bonchev–Trinajstić information content (AvgIpc) is 2.71. The summed E-state index contributed by atoms with van der Waals surface area (Å²) in [4.78, 5) is 9.18. The van der Waals surface area contributed by atoms with Crippen molar-refractivity contribution in [2.45, 2.75) is 6.42 Å². The summed E-state index contributed by atoms with van der Waals surface area (Å²) in [5.41, 5.74) is 5.50. The second kappa shape index (κ2) is 4.75. The van der Waals surface area contributed by atoms with Gasteiger partial charge in [-0.3, -0.25) is 0 Å². The molecule has 4 nitrogen and oxygen atoms in total. The van der Waals surface area contributed by atoms with Gasteiger partial charge in [0.1, 0.15) is 5.82 Å². The predicted octanol–water partition coefficient (Wildman–Crippen LogP) is 1.74. The van der Waals surface area contributed by atoms with E-state index in [2.05, 4.69) is 16.0 Å². The van der Waals surface area contributed by atoms with Gasteiger partial charge in [0.25, 0.3) is 0 Å². The van der Waals surface area contributed by atoms with Crippen molar-refractivity contribution in [1.29, 1.82) is 0 Å². The van der Waals surface area contributed by atoms with E-state index >= 15 is 0 Å². The number of rotatable bonds is 4. The molecule has 0 fully saturated rings. The summed E-state index contributed by atoms with van der Waals surface area (Å²) in [6.45, 7) is 0.573. The van der Waals surface area contributed by atoms with Gasteiger partial charge in [-0.05, 0) is 17.5 Å². The molecule has 2 heterocycles. The number of ether oxygens (including phenoxy) is 1. The molecule has 0 saturated carbocycles. The highest BCUT2D eigenvalue weighted by atomic mass is 32.1. The molecule has 0 aliphatic heterocycles. The molecule has 0 bridgehead atoms. The van der Waals surface area contributed by atoms with Gasteiger partial charge in [0.05, 0.1) is 6.61 Å². The van der Waals surface area contributed by atoms with Gasteiger partial charge in [-0.1, -0.05) is 6.07 Å². The summed E-state index contributed by atoms with van der Waals surface area (Å²) >= 11 is 1.72. The number of nitrogens with two attached hydrogens (primary N) is 1. The van der Waals surface area contributed by atoms with Crippen LogP contribution in [0.3, 0.4) is 0 Å². The molecule has 15 heavy (non-hydrogen) atoms. The molecule has 5 heteroatoms. The Balaban J connectivity index is 1.83. The van der Waals surface area contributed by atoms with E-state index < -0.39 is 0 Å². The third-order valence-corrected chi connectivity index (χ3v) is 2.75. The highest BCUT2D eigenvalue weighted by Gasteiger charge is 1.98. The topological polar surface area (TPSA) is 61.0 Å². The van der Waals surface area contributed by atoms with E-state index in [0.717, 1.165) is 6.42 Å². The number of aromatic nitrogens is 2. The van der Waals surface area contributed by atoms with Gasteiger partial charge in [-0.25, -0.2) is 4.98 Å². The van der Waals surface area contributed by atoms with Gasteiger partial charge < -0.3 is 10.5 Å². The number of anilines is 1. The van der Waals surface area contributed by atoms with E-state index in [-0.39, 0.29) is 0 Å². The molecule has 0 amide bonds. The lowest BCUT2D eigenvalue weighted by Crippen LogP contribution is -2.04. The molecular weight excluding hydrogens is 210 g/mol. The molecule has 0 aromatic carbocycles. The first-order chi connectivity index (χ1) is 7.34. The maximum atomic E-state index is 5.50. The van der Waals surface area contributed by atoms with E-state index in [9.17, 15) is 0 Å². The molecule has 2 rings (SSSR count). The Morgan fingerprint density at radius 3 is 3.07 bits per heavy atom. The van der Waals surface area contributed by atoms with Crippen LogP contribution in [0.4, 0.5) is 5.82 Å². The lowest BCUT2D eigenvalue weighted by Gasteiger charge is -2.02. The lowest BCUT2D eigenvalue weighted by molar-refractivity contribution is 0.297. The monoisotopic (exact) mass is 221 g/mol. The van der Waals surface area contributed by atoms with Crippen LogP contribution in [0.5, 0.6) is 6.01 Å². The molecule has 0 aliphatic carbocycles. The van der Waals surface area contributed by atoms with Crippen molar-refractivity contribution in [3.05, 3.63) is 34.7 Å². The molecule has 2 aromatic heterocycles. The molecule has 2 aromatic rings. The molecule has 0 saturated heterocycles. The first-order valence-corrected chi connectivity index (χ1v) is 5.46. The lowest BCUT2D eigenvalue weighted by atomic mass is 10.4. The van der Waals surface area contributed by atoms with Crippen LogP contribution >= 0.6 is 11.3 Å². The van der Waals surface area contributed by atoms with E-state index in [0.29, 0.717) is 18.4 Å². The molecule has 0 atom stereocenters. The number of thiophene rings is 1. The Morgan fingerprint density at radius 1 is 1.40 bits per heavy atom. The maximum absolute atomic E-state index is 5.50. The number of hydrogen-bond donors (Lipinski definition) is 1. The average molecular weight is 221 g/mol. The highest BCUT2D eigenvalue weighted by Crippen LogP contribution is 2.10. The minimum absolute atomic E-state index is 0.339. The van der Waals surface area contributed by atoms with Crippen LogP contribution in [0.15, 0.2) is 29.8 Å². The van der Waals surface area contributed by atoms with Crippen molar-refractivity contribution in [3.8, 4) is 6.01 Å². The fourth-order valence-corrected chi connectivity index (χ4v) is 1.81. The van der Waals surface area contributed by atoms with E-state index in [4.69, 9.17) is 10.5 Å².